The van der Waals surface area contributed by atoms with E-state index in [9.17, 15) is 0 Å². The Labute approximate surface area is 136 Å². The van der Waals surface area contributed by atoms with Crippen LogP contribution in [0, 0.1) is 13.8 Å². The fourth-order valence-corrected chi connectivity index (χ4v) is 3.68. The number of anilines is 2. The molecule has 5 heteroatoms. The second-order valence-electron chi connectivity index (χ2n) is 6.34. The van der Waals surface area contributed by atoms with Crippen molar-refractivity contribution in [1.29, 1.82) is 0 Å². The molecule has 22 heavy (non-hydrogen) atoms. The van der Waals surface area contributed by atoms with Gasteiger partial charge in [0.05, 0.1) is 0 Å². The van der Waals surface area contributed by atoms with Gasteiger partial charge in [0.2, 0.25) is 5.13 Å². The molecule has 0 amide bonds. The van der Waals surface area contributed by atoms with Crippen molar-refractivity contribution in [3.63, 3.8) is 0 Å². The largest absolute Gasteiger partial charge is 0.368 e. The first-order valence-electron chi connectivity index (χ1n) is 7.95. The Kier molecular flexibility index (Phi) is 4.34. The van der Waals surface area contributed by atoms with Gasteiger partial charge in [-0.1, -0.05) is 37.3 Å². The van der Waals surface area contributed by atoms with Gasteiger partial charge in [0.25, 0.3) is 0 Å². The smallest absolute Gasteiger partial charge is 0.208 e. The van der Waals surface area contributed by atoms with Crippen LogP contribution in [0.15, 0.2) is 18.2 Å². The van der Waals surface area contributed by atoms with E-state index in [0.717, 1.165) is 36.3 Å². The number of nitrogens with zero attached hydrogens (tertiary/aromatic N) is 4. The summed E-state index contributed by atoms with van der Waals surface area (Å²) in [5.74, 6) is 0.461. The van der Waals surface area contributed by atoms with Crippen LogP contribution in [0.1, 0.15) is 35.9 Å². The molecule has 0 atom stereocenters. The van der Waals surface area contributed by atoms with Crippen LogP contribution in [0.25, 0.3) is 0 Å². The molecule has 0 N–H and O–H groups in total. The molecule has 0 radical (unpaired) electrons. The van der Waals surface area contributed by atoms with Gasteiger partial charge >= 0.3 is 0 Å². The van der Waals surface area contributed by atoms with Crippen molar-refractivity contribution in [2.24, 2.45) is 0 Å². The lowest BCUT2D eigenvalue weighted by Crippen LogP contribution is -2.46. The molecule has 3 rings (SSSR count). The van der Waals surface area contributed by atoms with Gasteiger partial charge in [0.1, 0.15) is 5.01 Å². The van der Waals surface area contributed by atoms with E-state index in [1.54, 1.807) is 11.3 Å². The van der Waals surface area contributed by atoms with Crippen molar-refractivity contribution in [3.8, 4) is 0 Å². The van der Waals surface area contributed by atoms with Crippen molar-refractivity contribution in [2.45, 2.75) is 33.6 Å². The van der Waals surface area contributed by atoms with Gasteiger partial charge in [-0.25, -0.2) is 0 Å². The van der Waals surface area contributed by atoms with Gasteiger partial charge in [-0.3, -0.25) is 0 Å². The van der Waals surface area contributed by atoms with E-state index in [1.807, 2.05) is 0 Å². The maximum Gasteiger partial charge on any atom is 0.208 e. The zero-order valence-corrected chi connectivity index (χ0v) is 14.7. The number of benzene rings is 1. The third kappa shape index (κ3) is 3.09. The molecule has 0 bridgehead atoms. The third-order valence-corrected chi connectivity index (χ3v) is 5.46. The number of hydrogen-bond acceptors (Lipinski definition) is 5. The molecule has 1 aliphatic rings. The Balaban J connectivity index is 1.68. The number of aromatic nitrogens is 2. The quantitative estimate of drug-likeness (QED) is 0.866. The first kappa shape index (κ1) is 15.3. The first-order chi connectivity index (χ1) is 10.5. The first-order valence-corrected chi connectivity index (χ1v) is 8.77. The van der Waals surface area contributed by atoms with Crippen molar-refractivity contribution < 1.29 is 0 Å². The van der Waals surface area contributed by atoms with Gasteiger partial charge in [-0.05, 0) is 31.0 Å². The Morgan fingerprint density at radius 3 is 2.32 bits per heavy atom. The van der Waals surface area contributed by atoms with E-state index in [2.05, 4.69) is 65.9 Å². The minimum Gasteiger partial charge on any atom is -0.368 e. The molecule has 1 saturated heterocycles. The predicted molar refractivity (Wildman–Crippen MR) is 94.3 cm³/mol. The van der Waals surface area contributed by atoms with E-state index >= 15 is 0 Å². The summed E-state index contributed by atoms with van der Waals surface area (Å²) in [7, 11) is 0. The summed E-state index contributed by atoms with van der Waals surface area (Å²) in [6.45, 7) is 12.8. The van der Waals surface area contributed by atoms with Crippen LogP contribution in [0.5, 0.6) is 0 Å². The number of aryl methyl sites for hydroxylation is 2. The van der Waals surface area contributed by atoms with Crippen LogP contribution in [-0.2, 0) is 0 Å². The fraction of sp³-hybridized carbons (Fsp3) is 0.529. The Morgan fingerprint density at radius 1 is 1.00 bits per heavy atom. The number of rotatable bonds is 3. The zero-order chi connectivity index (χ0) is 15.7. The SMILES string of the molecule is Cc1ccc(C)c(N2CCN(c3nnc(C(C)C)s3)CC2)c1. The summed E-state index contributed by atoms with van der Waals surface area (Å²) < 4.78 is 0. The molecule has 0 unspecified atom stereocenters. The van der Waals surface area contributed by atoms with Crippen LogP contribution in [0.4, 0.5) is 10.8 Å². The van der Waals surface area contributed by atoms with E-state index in [-0.39, 0.29) is 0 Å². The lowest BCUT2D eigenvalue weighted by Gasteiger charge is -2.36. The summed E-state index contributed by atoms with van der Waals surface area (Å²) in [5, 5.41) is 10.9. The van der Waals surface area contributed by atoms with Crippen molar-refractivity contribution in [1.82, 2.24) is 10.2 Å². The minimum absolute atomic E-state index is 0.461. The van der Waals surface area contributed by atoms with Gasteiger partial charge in [0.15, 0.2) is 0 Å². The van der Waals surface area contributed by atoms with Gasteiger partial charge in [0, 0.05) is 37.8 Å². The highest BCUT2D eigenvalue weighted by Gasteiger charge is 2.21. The molecule has 118 valence electrons. The topological polar surface area (TPSA) is 32.3 Å². The molecule has 0 aliphatic carbocycles. The van der Waals surface area contributed by atoms with Crippen LogP contribution >= 0.6 is 11.3 Å². The second-order valence-corrected chi connectivity index (χ2v) is 7.33. The monoisotopic (exact) mass is 316 g/mol. The highest BCUT2D eigenvalue weighted by Crippen LogP contribution is 2.28. The van der Waals surface area contributed by atoms with E-state index in [1.165, 1.54) is 16.8 Å². The van der Waals surface area contributed by atoms with Gasteiger partial charge in [-0.2, -0.15) is 0 Å². The normalized spacial score (nSPS) is 15.7. The van der Waals surface area contributed by atoms with Crippen molar-refractivity contribution >= 4 is 22.2 Å². The number of hydrogen-bond donors (Lipinski definition) is 0. The molecule has 0 spiro atoms. The Hall–Kier alpha value is -1.62. The standard InChI is InChI=1S/C17H24N4S/c1-12(2)16-18-19-17(22-16)21-9-7-20(8-10-21)15-11-13(3)5-6-14(15)4/h5-6,11-12H,7-10H2,1-4H3. The van der Waals surface area contributed by atoms with Crippen molar-refractivity contribution in [3.05, 3.63) is 34.3 Å². The molecule has 4 nitrogen and oxygen atoms in total. The molecular formula is C17H24N4S. The highest BCUT2D eigenvalue weighted by atomic mass is 32.1. The van der Waals surface area contributed by atoms with Crippen LogP contribution in [-0.4, -0.2) is 36.4 Å². The molecule has 2 aromatic rings. The Morgan fingerprint density at radius 2 is 1.68 bits per heavy atom. The van der Waals surface area contributed by atoms with E-state index in [4.69, 9.17) is 0 Å². The van der Waals surface area contributed by atoms with Crippen LogP contribution in [0.2, 0.25) is 0 Å². The molecule has 1 fully saturated rings. The minimum atomic E-state index is 0.461. The molecular weight excluding hydrogens is 292 g/mol. The van der Waals surface area contributed by atoms with E-state index in [0.29, 0.717) is 5.92 Å². The molecule has 2 heterocycles. The average molecular weight is 316 g/mol. The Bertz CT molecular complexity index is 642. The zero-order valence-electron chi connectivity index (χ0n) is 13.8. The van der Waals surface area contributed by atoms with Crippen molar-refractivity contribution in [2.75, 3.05) is 36.0 Å². The summed E-state index contributed by atoms with van der Waals surface area (Å²) in [4.78, 5) is 4.86. The summed E-state index contributed by atoms with van der Waals surface area (Å²) >= 11 is 1.74. The maximum absolute atomic E-state index is 4.37. The summed E-state index contributed by atoms with van der Waals surface area (Å²) in [6, 6.07) is 6.70. The maximum atomic E-state index is 4.37. The van der Waals surface area contributed by atoms with Crippen LogP contribution in [0.3, 0.4) is 0 Å². The van der Waals surface area contributed by atoms with Crippen LogP contribution < -0.4 is 9.80 Å². The fourth-order valence-electron chi connectivity index (χ4n) is 2.79. The van der Waals surface area contributed by atoms with E-state index < -0.39 is 0 Å². The van der Waals surface area contributed by atoms with Gasteiger partial charge < -0.3 is 9.80 Å². The molecule has 1 aliphatic heterocycles. The molecule has 1 aromatic heterocycles. The summed E-state index contributed by atoms with van der Waals surface area (Å²) in [5.41, 5.74) is 4.06. The number of piperazine rings is 1. The average Bonchev–Trinajstić information content (AvgIpc) is 3.00. The lowest BCUT2D eigenvalue weighted by atomic mass is 10.1. The third-order valence-electron chi connectivity index (χ3n) is 4.18. The lowest BCUT2D eigenvalue weighted by molar-refractivity contribution is 0.648. The molecule has 0 saturated carbocycles. The predicted octanol–water partition coefficient (Wildman–Crippen LogP) is 3.60. The van der Waals surface area contributed by atoms with Gasteiger partial charge in [-0.15, -0.1) is 10.2 Å². The second kappa shape index (κ2) is 6.24. The molecule has 1 aromatic carbocycles. The highest BCUT2D eigenvalue weighted by molar-refractivity contribution is 7.15. The summed E-state index contributed by atoms with van der Waals surface area (Å²) in [6.07, 6.45) is 0.